The third-order valence-corrected chi connectivity index (χ3v) is 3.59. The first kappa shape index (κ1) is 9.44. The number of likely N-dealkylation sites (tertiary alicyclic amines) is 1. The van der Waals surface area contributed by atoms with Crippen molar-refractivity contribution in [2.75, 3.05) is 33.2 Å². The van der Waals surface area contributed by atoms with Crippen LogP contribution in [0.15, 0.2) is 0 Å². The van der Waals surface area contributed by atoms with Crippen LogP contribution in [0.25, 0.3) is 0 Å². The summed E-state index contributed by atoms with van der Waals surface area (Å²) in [7, 11) is 2.25. The summed E-state index contributed by atoms with van der Waals surface area (Å²) >= 11 is 0. The molecule has 0 radical (unpaired) electrons. The van der Waals surface area contributed by atoms with Gasteiger partial charge in [-0.3, -0.25) is 0 Å². The molecule has 0 saturated carbocycles. The zero-order valence-electron chi connectivity index (χ0n) is 8.50. The van der Waals surface area contributed by atoms with E-state index >= 15 is 0 Å². The van der Waals surface area contributed by atoms with E-state index < -0.39 is 0 Å². The molecule has 0 amide bonds. The quantitative estimate of drug-likeness (QED) is 0.604. The second-order valence-corrected chi connectivity index (χ2v) is 4.87. The second kappa shape index (κ2) is 3.56. The van der Waals surface area contributed by atoms with Crippen molar-refractivity contribution < 1.29 is 9.59 Å². The molecular weight excluding hydrogens is 164 g/mol. The Morgan fingerprint density at radius 2 is 2.23 bits per heavy atom. The summed E-state index contributed by atoms with van der Waals surface area (Å²) in [6.45, 7) is 4.54. The zero-order valence-corrected chi connectivity index (χ0v) is 8.50. The van der Waals surface area contributed by atoms with Crippen LogP contribution in [0, 0.1) is 0 Å². The highest BCUT2D eigenvalue weighted by Crippen LogP contribution is 2.19. The van der Waals surface area contributed by atoms with Crippen molar-refractivity contribution in [3.8, 4) is 0 Å². The lowest BCUT2D eigenvalue weighted by molar-refractivity contribution is -0.948. The maximum absolute atomic E-state index is 9.97. The molecule has 2 saturated heterocycles. The van der Waals surface area contributed by atoms with E-state index in [2.05, 4.69) is 12.4 Å². The first-order valence-corrected chi connectivity index (χ1v) is 5.45. The van der Waals surface area contributed by atoms with Gasteiger partial charge in [0.2, 0.25) is 0 Å². The van der Waals surface area contributed by atoms with Crippen LogP contribution in [-0.2, 0) is 0 Å². The van der Waals surface area contributed by atoms with E-state index in [-0.39, 0.29) is 6.10 Å². The van der Waals surface area contributed by atoms with E-state index in [1.165, 1.54) is 25.9 Å². The largest absolute Gasteiger partial charge is 0.386 e. The summed E-state index contributed by atoms with van der Waals surface area (Å²) in [5.41, 5.74) is 0. The monoisotopic (exact) mass is 185 g/mol. The van der Waals surface area contributed by atoms with E-state index in [1.54, 1.807) is 0 Å². The Balaban J connectivity index is 1.79. The number of likely N-dealkylation sites (N-methyl/N-ethyl adjacent to an activating group) is 1. The van der Waals surface area contributed by atoms with Crippen molar-refractivity contribution in [3.63, 3.8) is 0 Å². The minimum atomic E-state index is -0.132. The first-order chi connectivity index (χ1) is 6.20. The van der Waals surface area contributed by atoms with E-state index in [9.17, 15) is 5.11 Å². The molecule has 3 nitrogen and oxygen atoms in total. The van der Waals surface area contributed by atoms with Crippen LogP contribution in [-0.4, -0.2) is 55.0 Å². The lowest BCUT2D eigenvalue weighted by atomic mass is 10.0. The highest BCUT2D eigenvalue weighted by molar-refractivity contribution is 4.81. The molecule has 0 aliphatic carbocycles. The van der Waals surface area contributed by atoms with Gasteiger partial charge in [0.05, 0.1) is 20.1 Å². The molecular formula is C10H21N2O+. The molecule has 2 heterocycles. The number of hydrogen-bond acceptors (Lipinski definition) is 2. The number of nitrogens with one attached hydrogen (secondary N) is 1. The van der Waals surface area contributed by atoms with Gasteiger partial charge in [-0.15, -0.1) is 0 Å². The number of quaternary nitrogens is 1. The van der Waals surface area contributed by atoms with Gasteiger partial charge >= 0.3 is 0 Å². The number of nitrogens with zero attached hydrogens (tertiary/aromatic N) is 1. The van der Waals surface area contributed by atoms with Gasteiger partial charge in [0.1, 0.15) is 12.6 Å². The van der Waals surface area contributed by atoms with E-state index in [4.69, 9.17) is 0 Å². The molecule has 2 N–H and O–H groups in total. The molecule has 2 atom stereocenters. The Morgan fingerprint density at radius 1 is 1.46 bits per heavy atom. The average molecular weight is 185 g/mol. The molecule has 0 bridgehead atoms. The van der Waals surface area contributed by atoms with Crippen LogP contribution in [0.2, 0.25) is 0 Å². The smallest absolute Gasteiger partial charge is 0.118 e. The lowest BCUT2D eigenvalue weighted by Crippen LogP contribution is -2.60. The van der Waals surface area contributed by atoms with Crippen molar-refractivity contribution >= 4 is 0 Å². The topological polar surface area (TPSA) is 32.3 Å². The predicted molar refractivity (Wildman–Crippen MR) is 52.4 cm³/mol. The van der Waals surface area contributed by atoms with Gasteiger partial charge in [0.25, 0.3) is 0 Å². The number of aliphatic hydroxyl groups is 1. The normalized spacial score (nSPS) is 34.2. The summed E-state index contributed by atoms with van der Waals surface area (Å²) in [6, 6.07) is 0.371. The number of aliphatic hydroxyl groups excluding tert-OH is 1. The maximum Gasteiger partial charge on any atom is 0.118 e. The predicted octanol–water partition coefficient (Wildman–Crippen LogP) is -0.0504. The second-order valence-electron chi connectivity index (χ2n) is 4.87. The van der Waals surface area contributed by atoms with Crippen LogP contribution in [0.3, 0.4) is 0 Å². The van der Waals surface area contributed by atoms with Gasteiger partial charge in [-0.2, -0.15) is 0 Å². The molecule has 13 heavy (non-hydrogen) atoms. The fraction of sp³-hybridized carbons (Fsp3) is 1.00. The summed E-state index contributed by atoms with van der Waals surface area (Å²) in [5, 5.41) is 13.3. The average Bonchev–Trinajstić information content (AvgIpc) is 2.53. The molecule has 2 fully saturated rings. The van der Waals surface area contributed by atoms with Crippen molar-refractivity contribution in [1.82, 2.24) is 5.32 Å². The maximum atomic E-state index is 9.97. The number of hydrogen-bond donors (Lipinski definition) is 2. The summed E-state index contributed by atoms with van der Waals surface area (Å²) < 4.78 is 1.08. The summed E-state index contributed by atoms with van der Waals surface area (Å²) in [5.74, 6) is 0. The zero-order chi connectivity index (χ0) is 9.31. The van der Waals surface area contributed by atoms with Crippen LogP contribution >= 0.6 is 0 Å². The summed E-state index contributed by atoms with van der Waals surface area (Å²) in [4.78, 5) is 0. The molecule has 2 aliphatic rings. The third-order valence-electron chi connectivity index (χ3n) is 3.59. The molecule has 0 aromatic heterocycles. The molecule has 0 unspecified atom stereocenters. The van der Waals surface area contributed by atoms with Crippen molar-refractivity contribution in [2.24, 2.45) is 0 Å². The van der Waals surface area contributed by atoms with Crippen LogP contribution in [0.5, 0.6) is 0 Å². The molecule has 0 aromatic rings. The van der Waals surface area contributed by atoms with E-state index in [0.29, 0.717) is 6.04 Å². The molecule has 76 valence electrons. The third kappa shape index (κ3) is 2.03. The Morgan fingerprint density at radius 3 is 2.69 bits per heavy atom. The van der Waals surface area contributed by atoms with Gasteiger partial charge in [-0.1, -0.05) is 0 Å². The van der Waals surface area contributed by atoms with Gasteiger partial charge in [-0.25, -0.2) is 0 Å². The lowest BCUT2D eigenvalue weighted by Gasteiger charge is -2.44. The van der Waals surface area contributed by atoms with Crippen molar-refractivity contribution in [2.45, 2.75) is 31.4 Å². The van der Waals surface area contributed by atoms with Gasteiger partial charge in [0.15, 0.2) is 0 Å². The number of rotatable bonds is 3. The van der Waals surface area contributed by atoms with Gasteiger partial charge < -0.3 is 14.9 Å². The van der Waals surface area contributed by atoms with Crippen molar-refractivity contribution in [1.29, 1.82) is 0 Å². The first-order valence-electron chi connectivity index (χ1n) is 5.45. The molecule has 0 spiro atoms. The van der Waals surface area contributed by atoms with Crippen LogP contribution in [0.1, 0.15) is 19.3 Å². The molecule has 2 rings (SSSR count). The standard InChI is InChI=1S/C10H21N2O/c1-12(6-3-7-12)8-10(13)9-4-2-5-11-9/h9-11,13H,2-8H2,1H3/q+1/t9-,10+/m1/s1. The van der Waals surface area contributed by atoms with Crippen LogP contribution in [0.4, 0.5) is 0 Å². The Hall–Kier alpha value is -0.120. The Kier molecular flexibility index (Phi) is 2.58. The van der Waals surface area contributed by atoms with Crippen LogP contribution < -0.4 is 5.32 Å². The fourth-order valence-electron chi connectivity index (χ4n) is 2.50. The Labute approximate surface area is 80.3 Å². The fourth-order valence-corrected chi connectivity index (χ4v) is 2.50. The van der Waals surface area contributed by atoms with Gasteiger partial charge in [-0.05, 0) is 19.4 Å². The molecule has 0 aromatic carbocycles. The Bertz CT molecular complexity index is 174. The minimum absolute atomic E-state index is 0.132. The highest BCUT2D eigenvalue weighted by Gasteiger charge is 2.35. The molecule has 3 heteroatoms. The van der Waals surface area contributed by atoms with Gasteiger partial charge in [0, 0.05) is 12.5 Å². The SMILES string of the molecule is C[N+]1(C[C@H](O)[C@H]2CCCN2)CCC1. The van der Waals surface area contributed by atoms with E-state index in [0.717, 1.165) is 24.0 Å². The highest BCUT2D eigenvalue weighted by atomic mass is 16.3. The summed E-state index contributed by atoms with van der Waals surface area (Å²) in [6.07, 6.45) is 3.58. The molecule has 2 aliphatic heterocycles. The van der Waals surface area contributed by atoms with Crippen molar-refractivity contribution in [3.05, 3.63) is 0 Å². The minimum Gasteiger partial charge on any atom is -0.386 e. The van der Waals surface area contributed by atoms with E-state index in [1.807, 2.05) is 0 Å².